The summed E-state index contributed by atoms with van der Waals surface area (Å²) in [6.45, 7) is 5.11. The monoisotopic (exact) mass is 506 g/mol. The summed E-state index contributed by atoms with van der Waals surface area (Å²) in [6.07, 6.45) is 0. The van der Waals surface area contributed by atoms with Gasteiger partial charge in [-0.2, -0.15) is 4.98 Å². The first-order valence-electron chi connectivity index (χ1n) is 11.2. The lowest BCUT2D eigenvalue weighted by Crippen LogP contribution is -2.31. The molecule has 1 N–H and O–H groups in total. The zero-order valence-electron chi connectivity index (χ0n) is 19.9. The summed E-state index contributed by atoms with van der Waals surface area (Å²) in [4.78, 5) is 42.9. The Labute approximate surface area is 211 Å². The number of rotatable bonds is 7. The van der Waals surface area contributed by atoms with Crippen molar-refractivity contribution in [1.82, 2.24) is 14.7 Å². The van der Waals surface area contributed by atoms with Gasteiger partial charge in [0, 0.05) is 16.3 Å². The molecule has 0 fully saturated rings. The van der Waals surface area contributed by atoms with Gasteiger partial charge in [-0.1, -0.05) is 28.9 Å². The van der Waals surface area contributed by atoms with Crippen molar-refractivity contribution < 1.29 is 18.8 Å². The maximum atomic E-state index is 13.4. The fraction of sp³-hybridized carbons (Fsp3) is 0.192. The molecular weight excluding hydrogens is 484 g/mol. The normalized spacial score (nSPS) is 10.8. The van der Waals surface area contributed by atoms with E-state index in [4.69, 9.17) is 20.9 Å². The smallest absolute Gasteiger partial charge is 0.340 e. The second-order valence-corrected chi connectivity index (χ2v) is 8.42. The van der Waals surface area contributed by atoms with Crippen molar-refractivity contribution in [3.8, 4) is 22.8 Å². The van der Waals surface area contributed by atoms with Gasteiger partial charge in [0.15, 0.2) is 0 Å². The number of ether oxygens (including phenoxy) is 1. The van der Waals surface area contributed by atoms with E-state index in [1.165, 1.54) is 4.57 Å². The van der Waals surface area contributed by atoms with Crippen LogP contribution in [-0.4, -0.2) is 33.2 Å². The lowest BCUT2D eigenvalue weighted by atomic mass is 10.1. The molecule has 0 saturated carbocycles. The first-order chi connectivity index (χ1) is 17.3. The third kappa shape index (κ3) is 5.21. The Morgan fingerprint density at radius 1 is 1.11 bits per heavy atom. The number of anilines is 1. The third-order valence-electron chi connectivity index (χ3n) is 5.45. The molecule has 184 valence electrons. The van der Waals surface area contributed by atoms with Gasteiger partial charge in [0.1, 0.15) is 12.1 Å². The number of aromatic nitrogens is 3. The minimum atomic E-state index is -0.549. The van der Waals surface area contributed by atoms with Gasteiger partial charge < -0.3 is 19.1 Å². The van der Waals surface area contributed by atoms with Gasteiger partial charge in [0.05, 0.1) is 17.9 Å². The van der Waals surface area contributed by atoms with Crippen LogP contribution < -0.4 is 10.9 Å². The van der Waals surface area contributed by atoms with Crippen LogP contribution in [0.4, 0.5) is 5.69 Å². The highest BCUT2D eigenvalue weighted by Crippen LogP contribution is 2.24. The quantitative estimate of drug-likeness (QED) is 0.362. The van der Waals surface area contributed by atoms with Gasteiger partial charge in [-0.15, -0.1) is 0 Å². The zero-order valence-corrected chi connectivity index (χ0v) is 20.6. The van der Waals surface area contributed by atoms with E-state index in [1.54, 1.807) is 75.4 Å². The molecule has 0 aliphatic carbocycles. The van der Waals surface area contributed by atoms with Crippen LogP contribution in [0.1, 0.15) is 28.5 Å². The van der Waals surface area contributed by atoms with Crippen molar-refractivity contribution in [3.05, 3.63) is 86.8 Å². The molecule has 0 atom stereocenters. The topological polar surface area (TPSA) is 116 Å². The number of esters is 1. The molecule has 9 nitrogen and oxygen atoms in total. The lowest BCUT2D eigenvalue weighted by Gasteiger charge is -2.14. The minimum absolute atomic E-state index is 0.0456. The van der Waals surface area contributed by atoms with Crippen LogP contribution in [-0.2, 0) is 16.1 Å². The van der Waals surface area contributed by atoms with Crippen molar-refractivity contribution in [3.63, 3.8) is 0 Å². The SMILES string of the molecule is CCOC(=O)c1ccccc1NC(=O)Cn1c(C)cc(C)c(-c2nc(-c3ccc(Cl)cc3)no2)c1=O. The van der Waals surface area contributed by atoms with Crippen molar-refractivity contribution >= 4 is 29.2 Å². The van der Waals surface area contributed by atoms with Crippen LogP contribution in [0.25, 0.3) is 22.8 Å². The summed E-state index contributed by atoms with van der Waals surface area (Å²) in [5.41, 5.74) is 2.16. The molecule has 4 aromatic rings. The number of amides is 1. The Hall–Kier alpha value is -4.24. The first-order valence-corrected chi connectivity index (χ1v) is 11.5. The van der Waals surface area contributed by atoms with Crippen molar-refractivity contribution in [2.45, 2.75) is 27.3 Å². The largest absolute Gasteiger partial charge is 0.462 e. The summed E-state index contributed by atoms with van der Waals surface area (Å²) >= 11 is 5.94. The highest BCUT2D eigenvalue weighted by molar-refractivity contribution is 6.30. The van der Waals surface area contributed by atoms with Gasteiger partial charge in [-0.05, 0) is 68.8 Å². The van der Waals surface area contributed by atoms with Crippen molar-refractivity contribution in [2.75, 3.05) is 11.9 Å². The zero-order chi connectivity index (χ0) is 25.8. The van der Waals surface area contributed by atoms with Gasteiger partial charge in [0.2, 0.25) is 11.7 Å². The molecular formula is C26H23ClN4O5. The number of benzene rings is 2. The molecule has 0 unspecified atom stereocenters. The average molecular weight is 507 g/mol. The number of pyridine rings is 1. The van der Waals surface area contributed by atoms with Crippen LogP contribution in [0.15, 0.2) is 63.9 Å². The average Bonchev–Trinajstić information content (AvgIpc) is 3.32. The van der Waals surface area contributed by atoms with E-state index in [0.29, 0.717) is 33.4 Å². The first kappa shape index (κ1) is 24.9. The molecule has 1 amide bonds. The number of para-hydroxylation sites is 1. The summed E-state index contributed by atoms with van der Waals surface area (Å²) in [5.74, 6) is -0.684. The van der Waals surface area contributed by atoms with E-state index in [9.17, 15) is 14.4 Å². The highest BCUT2D eigenvalue weighted by Gasteiger charge is 2.21. The predicted molar refractivity (Wildman–Crippen MR) is 135 cm³/mol. The lowest BCUT2D eigenvalue weighted by molar-refractivity contribution is -0.116. The van der Waals surface area contributed by atoms with Crippen LogP contribution in [0, 0.1) is 13.8 Å². The predicted octanol–water partition coefficient (Wildman–Crippen LogP) is 4.65. The second kappa shape index (κ2) is 10.6. The number of carbonyl (C=O) groups is 2. The Balaban J connectivity index is 1.62. The maximum Gasteiger partial charge on any atom is 0.340 e. The van der Waals surface area contributed by atoms with Crippen LogP contribution in [0.2, 0.25) is 5.02 Å². The Bertz CT molecular complexity index is 1490. The van der Waals surface area contributed by atoms with Crippen LogP contribution in [0.3, 0.4) is 0 Å². The Kier molecular flexibility index (Phi) is 7.30. The molecule has 0 radical (unpaired) electrons. The number of hydrogen-bond donors (Lipinski definition) is 1. The van der Waals surface area contributed by atoms with Crippen molar-refractivity contribution in [2.24, 2.45) is 0 Å². The fourth-order valence-electron chi connectivity index (χ4n) is 3.74. The van der Waals surface area contributed by atoms with Crippen LogP contribution >= 0.6 is 11.6 Å². The fourth-order valence-corrected chi connectivity index (χ4v) is 3.86. The molecule has 0 bridgehead atoms. The summed E-state index contributed by atoms with van der Waals surface area (Å²) in [5, 5.41) is 7.25. The standard InChI is InChI=1S/C26H23ClN4O5/c1-4-35-26(34)19-7-5-6-8-20(19)28-21(32)14-31-16(3)13-15(2)22(25(31)33)24-29-23(30-36-24)17-9-11-18(27)12-10-17/h5-13H,4,14H2,1-3H3,(H,28,32). The van der Waals surface area contributed by atoms with E-state index < -0.39 is 17.4 Å². The molecule has 4 rings (SSSR count). The van der Waals surface area contributed by atoms with E-state index in [-0.39, 0.29) is 30.2 Å². The van der Waals surface area contributed by atoms with Crippen molar-refractivity contribution in [1.29, 1.82) is 0 Å². The minimum Gasteiger partial charge on any atom is -0.462 e. The van der Waals surface area contributed by atoms with Crippen LogP contribution in [0.5, 0.6) is 0 Å². The number of nitrogens with zero attached hydrogens (tertiary/aromatic N) is 3. The van der Waals surface area contributed by atoms with E-state index >= 15 is 0 Å². The van der Waals surface area contributed by atoms with Gasteiger partial charge >= 0.3 is 5.97 Å². The number of aryl methyl sites for hydroxylation is 2. The summed E-state index contributed by atoms with van der Waals surface area (Å²) < 4.78 is 11.8. The van der Waals surface area contributed by atoms with E-state index in [1.807, 2.05) is 0 Å². The molecule has 0 aliphatic heterocycles. The van der Waals surface area contributed by atoms with E-state index in [2.05, 4.69) is 15.5 Å². The Morgan fingerprint density at radius 2 is 1.83 bits per heavy atom. The maximum absolute atomic E-state index is 13.4. The molecule has 2 aromatic carbocycles. The summed E-state index contributed by atoms with van der Waals surface area (Å²) in [7, 11) is 0. The van der Waals surface area contributed by atoms with E-state index in [0.717, 1.165) is 0 Å². The Morgan fingerprint density at radius 3 is 2.56 bits per heavy atom. The molecule has 10 heteroatoms. The number of halogens is 1. The number of nitrogens with one attached hydrogen (secondary N) is 1. The number of carbonyl (C=O) groups excluding carboxylic acids is 2. The second-order valence-electron chi connectivity index (χ2n) is 7.98. The van der Waals surface area contributed by atoms with Gasteiger partial charge in [-0.25, -0.2) is 4.79 Å². The molecule has 2 aromatic heterocycles. The third-order valence-corrected chi connectivity index (χ3v) is 5.70. The molecule has 0 spiro atoms. The highest BCUT2D eigenvalue weighted by atomic mass is 35.5. The molecule has 36 heavy (non-hydrogen) atoms. The summed E-state index contributed by atoms with van der Waals surface area (Å²) in [6, 6.07) is 15.2. The van der Waals surface area contributed by atoms with Gasteiger partial charge in [-0.3, -0.25) is 9.59 Å². The molecule has 0 saturated heterocycles. The number of hydrogen-bond acceptors (Lipinski definition) is 7. The molecule has 2 heterocycles. The molecule has 0 aliphatic rings. The van der Waals surface area contributed by atoms with Gasteiger partial charge in [0.25, 0.3) is 11.4 Å².